The van der Waals surface area contributed by atoms with Crippen LogP contribution in [0.1, 0.15) is 5.01 Å². The summed E-state index contributed by atoms with van der Waals surface area (Å²) < 4.78 is 1.11. The van der Waals surface area contributed by atoms with E-state index >= 15 is 0 Å². The van der Waals surface area contributed by atoms with Gasteiger partial charge in [-0.2, -0.15) is 0 Å². The van der Waals surface area contributed by atoms with Crippen LogP contribution >= 0.6 is 23.1 Å². The van der Waals surface area contributed by atoms with Gasteiger partial charge in [0.2, 0.25) is 5.91 Å². The molecule has 0 fully saturated rings. The highest BCUT2D eigenvalue weighted by molar-refractivity contribution is 7.99. The van der Waals surface area contributed by atoms with Crippen molar-refractivity contribution in [3.05, 3.63) is 51.9 Å². The number of carbonyl (C=O) groups is 1. The number of aromatic amines is 1. The Morgan fingerprint density at radius 3 is 2.96 bits per heavy atom. The molecule has 0 radical (unpaired) electrons. The van der Waals surface area contributed by atoms with Crippen LogP contribution in [0, 0.1) is 0 Å². The van der Waals surface area contributed by atoms with E-state index in [1.54, 1.807) is 23.3 Å². The van der Waals surface area contributed by atoms with Gasteiger partial charge in [0.05, 0.1) is 22.5 Å². The van der Waals surface area contributed by atoms with E-state index < -0.39 is 0 Å². The van der Waals surface area contributed by atoms with Crippen molar-refractivity contribution in [2.24, 2.45) is 0 Å². The fourth-order valence-electron chi connectivity index (χ4n) is 1.94. The molecule has 0 aliphatic rings. The van der Waals surface area contributed by atoms with E-state index in [2.05, 4.69) is 15.0 Å². The fourth-order valence-corrected chi connectivity index (χ4v) is 3.75. The minimum atomic E-state index is -0.224. The number of benzene rings is 1. The Kier molecular flexibility index (Phi) is 4.73. The van der Waals surface area contributed by atoms with Gasteiger partial charge in [0, 0.05) is 19.3 Å². The molecule has 2 heterocycles. The number of H-pyrrole nitrogens is 1. The number of hydrogen-bond donors (Lipinski definition) is 1. The lowest BCUT2D eigenvalue weighted by atomic mass is 10.3. The second kappa shape index (κ2) is 6.93. The van der Waals surface area contributed by atoms with Crippen LogP contribution in [0.15, 0.2) is 46.5 Å². The molecule has 0 aliphatic heterocycles. The molecule has 1 N–H and O–H groups in total. The Balaban J connectivity index is 1.59. The summed E-state index contributed by atoms with van der Waals surface area (Å²) in [5.41, 5.74) is 0.728. The number of para-hydroxylation sites is 1. The van der Waals surface area contributed by atoms with Gasteiger partial charge in [-0.3, -0.25) is 9.59 Å². The van der Waals surface area contributed by atoms with E-state index in [9.17, 15) is 9.59 Å². The number of aromatic nitrogens is 3. The molecule has 3 rings (SSSR count). The molecule has 23 heavy (non-hydrogen) atoms. The Labute approximate surface area is 140 Å². The smallest absolute Gasteiger partial charge is 0.251 e. The van der Waals surface area contributed by atoms with Gasteiger partial charge in [-0.15, -0.1) is 11.3 Å². The van der Waals surface area contributed by atoms with E-state index in [1.807, 2.05) is 24.3 Å². The molecule has 0 saturated heterocycles. The number of carbonyl (C=O) groups excluding carboxylic acids is 1. The summed E-state index contributed by atoms with van der Waals surface area (Å²) in [6.45, 7) is 0.470. The second-order valence-electron chi connectivity index (χ2n) is 4.85. The Bertz CT molecular complexity index is 857. The first-order valence-electron chi connectivity index (χ1n) is 6.88. The minimum Gasteiger partial charge on any atom is -0.338 e. The van der Waals surface area contributed by atoms with Crippen LogP contribution in [0.5, 0.6) is 0 Å². The highest BCUT2D eigenvalue weighted by Gasteiger charge is 2.13. The van der Waals surface area contributed by atoms with Crippen molar-refractivity contribution in [1.82, 2.24) is 19.9 Å². The third kappa shape index (κ3) is 3.96. The predicted molar refractivity (Wildman–Crippen MR) is 91.7 cm³/mol. The van der Waals surface area contributed by atoms with Gasteiger partial charge >= 0.3 is 0 Å². The summed E-state index contributed by atoms with van der Waals surface area (Å²) in [5, 5.41) is 1.34. The fraction of sp³-hybridized carbons (Fsp3) is 0.200. The van der Waals surface area contributed by atoms with Crippen LogP contribution in [0.25, 0.3) is 10.2 Å². The number of hydrogen-bond acceptors (Lipinski definition) is 6. The standard InChI is InChI=1S/C15H14N4O2S2/c1-19(8-13-17-10-4-2-3-5-11(10)23-13)14(21)9-22-15-16-7-6-12(20)18-15/h2-7H,8-9H2,1H3,(H,16,18,20). The van der Waals surface area contributed by atoms with Gasteiger partial charge in [-0.1, -0.05) is 23.9 Å². The van der Waals surface area contributed by atoms with Crippen LogP contribution < -0.4 is 5.56 Å². The Morgan fingerprint density at radius 1 is 1.35 bits per heavy atom. The zero-order valence-corrected chi connectivity index (χ0v) is 14.0. The number of thioether (sulfide) groups is 1. The quantitative estimate of drug-likeness (QED) is 0.565. The molecule has 0 atom stereocenters. The SMILES string of the molecule is CN(Cc1nc2ccccc2s1)C(=O)CSc1nccc(=O)[nH]1. The molecule has 2 aromatic heterocycles. The summed E-state index contributed by atoms with van der Waals surface area (Å²) in [5.74, 6) is 0.176. The van der Waals surface area contributed by atoms with E-state index in [0.717, 1.165) is 15.2 Å². The lowest BCUT2D eigenvalue weighted by Crippen LogP contribution is -2.27. The van der Waals surface area contributed by atoms with Gasteiger partial charge < -0.3 is 9.88 Å². The Morgan fingerprint density at radius 2 is 2.17 bits per heavy atom. The van der Waals surface area contributed by atoms with Gasteiger partial charge in [0.1, 0.15) is 5.01 Å². The van der Waals surface area contributed by atoms with Crippen molar-refractivity contribution in [3.8, 4) is 0 Å². The molecule has 118 valence electrons. The molecule has 8 heteroatoms. The maximum Gasteiger partial charge on any atom is 0.251 e. The summed E-state index contributed by atoms with van der Waals surface area (Å²) in [7, 11) is 1.75. The first-order chi connectivity index (χ1) is 11.1. The maximum atomic E-state index is 12.2. The van der Waals surface area contributed by atoms with Crippen molar-refractivity contribution in [1.29, 1.82) is 0 Å². The zero-order valence-electron chi connectivity index (χ0n) is 12.4. The first kappa shape index (κ1) is 15.7. The van der Waals surface area contributed by atoms with E-state index in [4.69, 9.17) is 0 Å². The van der Waals surface area contributed by atoms with Crippen LogP contribution in [0.4, 0.5) is 0 Å². The van der Waals surface area contributed by atoms with Crippen LogP contribution in [-0.2, 0) is 11.3 Å². The van der Waals surface area contributed by atoms with Crippen LogP contribution in [0.3, 0.4) is 0 Å². The molecule has 0 unspecified atom stereocenters. The average Bonchev–Trinajstić information content (AvgIpc) is 2.94. The van der Waals surface area contributed by atoms with Crippen molar-refractivity contribution < 1.29 is 4.79 Å². The largest absolute Gasteiger partial charge is 0.338 e. The normalized spacial score (nSPS) is 10.8. The van der Waals surface area contributed by atoms with Gasteiger partial charge in [0.25, 0.3) is 5.56 Å². The summed E-state index contributed by atoms with van der Waals surface area (Å²) in [6, 6.07) is 9.25. The minimum absolute atomic E-state index is 0.0410. The number of rotatable bonds is 5. The number of nitrogens with zero attached hydrogens (tertiary/aromatic N) is 3. The molecule has 1 aromatic carbocycles. The predicted octanol–water partition coefficient (Wildman–Crippen LogP) is 2.13. The molecule has 3 aromatic rings. The molecule has 0 saturated carbocycles. The molecule has 1 amide bonds. The van der Waals surface area contributed by atoms with Gasteiger partial charge in [-0.05, 0) is 12.1 Å². The van der Waals surface area contributed by atoms with Crippen LogP contribution in [-0.4, -0.2) is 38.6 Å². The number of fused-ring (bicyclic) bond motifs is 1. The lowest BCUT2D eigenvalue weighted by molar-refractivity contribution is -0.127. The molecule has 0 aliphatic carbocycles. The van der Waals surface area contributed by atoms with E-state index in [-0.39, 0.29) is 17.2 Å². The number of amides is 1. The number of nitrogens with one attached hydrogen (secondary N) is 1. The highest BCUT2D eigenvalue weighted by atomic mass is 32.2. The zero-order chi connectivity index (χ0) is 16.2. The van der Waals surface area contributed by atoms with E-state index in [1.165, 1.54) is 24.0 Å². The molecular weight excluding hydrogens is 332 g/mol. The van der Waals surface area contributed by atoms with Crippen molar-refractivity contribution >= 4 is 39.2 Å². The first-order valence-corrected chi connectivity index (χ1v) is 8.68. The van der Waals surface area contributed by atoms with Crippen LogP contribution in [0.2, 0.25) is 0 Å². The Hall–Kier alpha value is -2.19. The second-order valence-corrected chi connectivity index (χ2v) is 6.93. The lowest BCUT2D eigenvalue weighted by Gasteiger charge is -2.14. The summed E-state index contributed by atoms with van der Waals surface area (Å²) in [4.78, 5) is 36.1. The third-order valence-electron chi connectivity index (χ3n) is 3.12. The summed E-state index contributed by atoms with van der Waals surface area (Å²) >= 11 is 2.80. The number of thiazole rings is 1. The maximum absolute atomic E-state index is 12.2. The molecular formula is C15H14N4O2S2. The monoisotopic (exact) mass is 346 g/mol. The molecule has 0 spiro atoms. The van der Waals surface area contributed by atoms with Gasteiger partial charge in [-0.25, -0.2) is 9.97 Å². The highest BCUT2D eigenvalue weighted by Crippen LogP contribution is 2.22. The van der Waals surface area contributed by atoms with Crippen molar-refractivity contribution in [2.75, 3.05) is 12.8 Å². The third-order valence-corrected chi connectivity index (χ3v) is 5.01. The van der Waals surface area contributed by atoms with Crippen molar-refractivity contribution in [3.63, 3.8) is 0 Å². The average molecular weight is 346 g/mol. The molecule has 6 nitrogen and oxygen atoms in total. The topological polar surface area (TPSA) is 79.0 Å². The van der Waals surface area contributed by atoms with E-state index in [0.29, 0.717) is 11.7 Å². The summed E-state index contributed by atoms with van der Waals surface area (Å²) in [6.07, 6.45) is 1.43. The molecule has 0 bridgehead atoms. The van der Waals surface area contributed by atoms with Crippen molar-refractivity contribution in [2.45, 2.75) is 11.7 Å². The van der Waals surface area contributed by atoms with Gasteiger partial charge in [0.15, 0.2) is 5.16 Å².